The van der Waals surface area contributed by atoms with Gasteiger partial charge in [-0.25, -0.2) is 0 Å². The quantitative estimate of drug-likeness (QED) is 0.799. The Hall–Kier alpha value is -1.16. The Kier molecular flexibility index (Phi) is 5.79. The summed E-state index contributed by atoms with van der Waals surface area (Å²) in [6.07, 6.45) is 0.0840. The zero-order valence-electron chi connectivity index (χ0n) is 13.2. The summed E-state index contributed by atoms with van der Waals surface area (Å²) in [4.78, 5) is 14.4. The second-order valence-corrected chi connectivity index (χ2v) is 6.88. The van der Waals surface area contributed by atoms with Gasteiger partial charge >= 0.3 is 139 Å². The van der Waals surface area contributed by atoms with Crippen molar-refractivity contribution in [1.82, 2.24) is 4.90 Å². The van der Waals surface area contributed by atoms with Gasteiger partial charge in [0, 0.05) is 0 Å². The number of ether oxygens (including phenoxy) is 1. The van der Waals surface area contributed by atoms with Crippen molar-refractivity contribution in [3.63, 3.8) is 0 Å². The van der Waals surface area contributed by atoms with E-state index < -0.39 is 12.0 Å². The van der Waals surface area contributed by atoms with Crippen molar-refractivity contribution in [3.05, 3.63) is 35.9 Å². The predicted octanol–water partition coefficient (Wildman–Crippen LogP) is 1.37. The van der Waals surface area contributed by atoms with Gasteiger partial charge in [-0.15, -0.1) is 0 Å². The molecule has 0 saturated carbocycles. The Labute approximate surface area is 139 Å². The second kappa shape index (κ2) is 7.40. The third kappa shape index (κ3) is 3.78. The van der Waals surface area contributed by atoms with Crippen molar-refractivity contribution in [2.75, 3.05) is 6.61 Å². The summed E-state index contributed by atoms with van der Waals surface area (Å²) in [7, 11) is 0. The molecule has 0 bridgehead atoms. The molecule has 1 aromatic carbocycles. The molecule has 0 radical (unpaired) electrons. The Morgan fingerprint density at radius 2 is 2.00 bits per heavy atom. The van der Waals surface area contributed by atoms with Crippen molar-refractivity contribution in [3.8, 4) is 0 Å². The van der Waals surface area contributed by atoms with Crippen LogP contribution in [0.3, 0.4) is 0 Å². The average Bonchev–Trinajstić information content (AvgIpc) is 2.86. The number of benzene rings is 1. The van der Waals surface area contributed by atoms with Crippen molar-refractivity contribution < 1.29 is 14.6 Å². The van der Waals surface area contributed by atoms with Gasteiger partial charge in [-0.2, -0.15) is 0 Å². The molecule has 1 fully saturated rings. The van der Waals surface area contributed by atoms with Gasteiger partial charge in [-0.05, 0) is 0 Å². The molecule has 5 heteroatoms. The maximum atomic E-state index is 12.7. The minimum atomic E-state index is -0.654. The van der Waals surface area contributed by atoms with E-state index in [1.54, 1.807) is 11.8 Å². The van der Waals surface area contributed by atoms with Gasteiger partial charge in [0.15, 0.2) is 0 Å². The van der Waals surface area contributed by atoms with Crippen LogP contribution in [0.4, 0.5) is 0 Å². The minimum absolute atomic E-state index is 0.0343. The average molecular weight is 368 g/mol. The van der Waals surface area contributed by atoms with E-state index in [4.69, 9.17) is 4.74 Å². The molecule has 1 amide bonds. The van der Waals surface area contributed by atoms with Gasteiger partial charge in [-0.3, -0.25) is 0 Å². The van der Waals surface area contributed by atoms with Crippen molar-refractivity contribution in [2.45, 2.75) is 39.3 Å². The topological polar surface area (TPSA) is 49.8 Å². The van der Waals surface area contributed by atoms with E-state index in [2.05, 4.69) is 15.6 Å². The van der Waals surface area contributed by atoms with Crippen LogP contribution in [-0.2, 0) is 16.0 Å². The molecule has 3 atom stereocenters. The van der Waals surface area contributed by atoms with Crippen LogP contribution < -0.4 is 0 Å². The Morgan fingerprint density at radius 1 is 1.36 bits per heavy atom. The van der Waals surface area contributed by atoms with E-state index in [0.29, 0.717) is 11.3 Å². The van der Waals surface area contributed by atoms with Crippen molar-refractivity contribution >= 4 is 26.2 Å². The van der Waals surface area contributed by atoms with Gasteiger partial charge in [0.2, 0.25) is 0 Å². The molecule has 1 aliphatic rings. The second-order valence-electron chi connectivity index (χ2n) is 6.15. The van der Waals surface area contributed by atoms with E-state index in [-0.39, 0.29) is 17.9 Å². The number of amides is 1. The number of rotatable bonds is 5. The number of carbonyl (C=O) groups excluding carboxylic acids is 1. The maximum absolute atomic E-state index is 12.7. The SMILES string of the molecule is CC(C)[C@@H](O)[C@@H](C)C(=O)N1C(=[Se])OC[C@@H]1Cc1ccccc1. The predicted molar refractivity (Wildman–Crippen MR) is 87.5 cm³/mol. The molecule has 0 spiro atoms. The van der Waals surface area contributed by atoms with E-state index in [1.165, 1.54) is 5.56 Å². The van der Waals surface area contributed by atoms with Crippen molar-refractivity contribution in [2.24, 2.45) is 11.8 Å². The van der Waals surface area contributed by atoms with E-state index in [1.807, 2.05) is 44.2 Å². The number of aliphatic hydroxyl groups is 1. The fourth-order valence-corrected chi connectivity index (χ4v) is 3.35. The van der Waals surface area contributed by atoms with Gasteiger partial charge in [-0.1, -0.05) is 0 Å². The Bertz CT molecular complexity index is 532. The monoisotopic (exact) mass is 369 g/mol. The molecule has 1 aliphatic heterocycles. The van der Waals surface area contributed by atoms with Crippen LogP contribution in [0.5, 0.6) is 0 Å². The number of carbonyl (C=O) groups is 1. The van der Waals surface area contributed by atoms with E-state index >= 15 is 0 Å². The summed E-state index contributed by atoms with van der Waals surface area (Å²) >= 11 is 2.83. The van der Waals surface area contributed by atoms with Gasteiger partial charge in [0.1, 0.15) is 0 Å². The van der Waals surface area contributed by atoms with E-state index in [9.17, 15) is 9.90 Å². The molecule has 120 valence electrons. The van der Waals surface area contributed by atoms with E-state index in [0.717, 1.165) is 6.42 Å². The van der Waals surface area contributed by atoms with Gasteiger partial charge in [0.25, 0.3) is 0 Å². The molecule has 0 aliphatic carbocycles. The molecule has 1 saturated heterocycles. The summed E-state index contributed by atoms with van der Waals surface area (Å²) in [6.45, 7) is 6.09. The van der Waals surface area contributed by atoms with Crippen LogP contribution in [0.25, 0.3) is 0 Å². The van der Waals surface area contributed by atoms with Gasteiger partial charge in [0.05, 0.1) is 0 Å². The summed E-state index contributed by atoms with van der Waals surface area (Å²) in [5.74, 6) is -0.504. The van der Waals surface area contributed by atoms with Crippen LogP contribution in [-0.4, -0.2) is 55.0 Å². The number of hydrogen-bond acceptors (Lipinski definition) is 3. The molecule has 1 heterocycles. The standard InChI is InChI=1S/C17H23NO3Se/c1-11(2)15(19)12(3)16(20)18-14(10-21-17(18)22)9-13-7-5-4-6-8-13/h4-8,11-12,14-15,19H,9-10H2,1-3H3/t12-,14+,15-/m1/s1. The van der Waals surface area contributed by atoms with Crippen molar-refractivity contribution in [1.29, 1.82) is 0 Å². The summed E-state index contributed by atoms with van der Waals surface area (Å²) in [6, 6.07) is 10.0. The van der Waals surface area contributed by atoms with Crippen LogP contribution >= 0.6 is 0 Å². The zero-order valence-corrected chi connectivity index (χ0v) is 14.9. The first-order chi connectivity index (χ1) is 10.4. The molecular weight excluding hydrogens is 345 g/mol. The first-order valence-electron chi connectivity index (χ1n) is 7.63. The third-order valence-electron chi connectivity index (χ3n) is 4.10. The normalized spacial score (nSPS) is 20.9. The Morgan fingerprint density at radius 3 is 2.59 bits per heavy atom. The molecule has 0 aromatic heterocycles. The first kappa shape index (κ1) is 17.2. The molecular formula is C17H23NO3Se. The molecule has 1 aromatic rings. The van der Waals surface area contributed by atoms with Crippen LogP contribution in [0.2, 0.25) is 0 Å². The fourth-order valence-electron chi connectivity index (χ4n) is 2.71. The number of hydrogen-bond donors (Lipinski definition) is 1. The van der Waals surface area contributed by atoms with Crippen LogP contribution in [0, 0.1) is 11.8 Å². The van der Waals surface area contributed by atoms with Gasteiger partial charge < -0.3 is 0 Å². The number of aliphatic hydroxyl groups excluding tert-OH is 1. The van der Waals surface area contributed by atoms with Crippen LogP contribution in [0.15, 0.2) is 30.3 Å². The zero-order chi connectivity index (χ0) is 16.3. The molecule has 0 unspecified atom stereocenters. The first-order valence-corrected chi connectivity index (χ1v) is 8.49. The molecule has 22 heavy (non-hydrogen) atoms. The third-order valence-corrected chi connectivity index (χ3v) is 4.76. The molecule has 4 nitrogen and oxygen atoms in total. The molecule has 2 rings (SSSR count). The number of nitrogens with zero attached hydrogens (tertiary/aromatic N) is 1. The Balaban J connectivity index is 2.12. The fraction of sp³-hybridized carbons (Fsp3) is 0.529. The molecule has 1 N–H and O–H groups in total. The summed E-state index contributed by atoms with van der Waals surface area (Å²) < 4.78 is 6.05. The summed E-state index contributed by atoms with van der Waals surface area (Å²) in [5, 5.41) is 10.2. The summed E-state index contributed by atoms with van der Waals surface area (Å²) in [5.41, 5.74) is 1.17. The van der Waals surface area contributed by atoms with Crippen LogP contribution in [0.1, 0.15) is 26.3 Å².